The van der Waals surface area contributed by atoms with E-state index in [-0.39, 0.29) is 11.1 Å². The van der Waals surface area contributed by atoms with E-state index in [1.165, 1.54) is 11.3 Å². The van der Waals surface area contributed by atoms with Crippen LogP contribution in [0.25, 0.3) is 0 Å². The molecule has 0 aliphatic carbocycles. The van der Waals surface area contributed by atoms with E-state index in [0.29, 0.717) is 11.2 Å². The topological polar surface area (TPSA) is 85.8 Å². The van der Waals surface area contributed by atoms with Crippen molar-refractivity contribution in [2.75, 3.05) is 5.84 Å². The van der Waals surface area contributed by atoms with Gasteiger partial charge in [-0.25, -0.2) is 4.68 Å². The molecule has 0 aliphatic rings. The van der Waals surface area contributed by atoms with E-state index in [2.05, 4.69) is 15.5 Å². The maximum atomic E-state index is 12.5. The lowest BCUT2D eigenvalue weighted by Gasteiger charge is -2.11. The van der Waals surface area contributed by atoms with Gasteiger partial charge in [-0.3, -0.25) is 4.79 Å². The SMILES string of the molecule is CC(Sc1nnc(C(F)(F)F)n1N)C(=O)NCc1cccs1. The van der Waals surface area contributed by atoms with Crippen LogP contribution in [0.5, 0.6) is 0 Å². The van der Waals surface area contributed by atoms with Crippen molar-refractivity contribution in [2.24, 2.45) is 0 Å². The molecular weight excluding hydrogens is 339 g/mol. The highest BCUT2D eigenvalue weighted by molar-refractivity contribution is 8.00. The van der Waals surface area contributed by atoms with Crippen molar-refractivity contribution in [2.45, 2.75) is 30.1 Å². The van der Waals surface area contributed by atoms with Gasteiger partial charge in [-0.05, 0) is 18.4 Å². The molecule has 0 bridgehead atoms. The number of carbonyl (C=O) groups excluding carboxylic acids is 1. The van der Waals surface area contributed by atoms with Crippen LogP contribution < -0.4 is 11.2 Å². The highest BCUT2D eigenvalue weighted by Crippen LogP contribution is 2.30. The van der Waals surface area contributed by atoms with Gasteiger partial charge in [0.1, 0.15) is 0 Å². The second-order valence-corrected chi connectivity index (χ2v) is 6.57. The Morgan fingerprint density at radius 3 is 2.82 bits per heavy atom. The lowest BCUT2D eigenvalue weighted by molar-refractivity contribution is -0.146. The first-order chi connectivity index (χ1) is 10.3. The maximum absolute atomic E-state index is 12.5. The molecular formula is C11H12F3N5OS2. The Kier molecular flexibility index (Phi) is 4.96. The molecule has 2 aromatic rings. The van der Waals surface area contributed by atoms with Crippen LogP contribution in [0.2, 0.25) is 0 Å². The Labute approximate surface area is 131 Å². The van der Waals surface area contributed by atoms with Crippen molar-refractivity contribution in [1.29, 1.82) is 0 Å². The number of alkyl halides is 3. The summed E-state index contributed by atoms with van der Waals surface area (Å²) in [6.45, 7) is 1.92. The normalized spacial score (nSPS) is 13.1. The monoisotopic (exact) mass is 351 g/mol. The summed E-state index contributed by atoms with van der Waals surface area (Å²) in [6, 6.07) is 3.73. The molecule has 0 fully saturated rings. The van der Waals surface area contributed by atoms with Gasteiger partial charge in [0.2, 0.25) is 11.1 Å². The second-order valence-electron chi connectivity index (χ2n) is 4.23. The number of hydrogen-bond donors (Lipinski definition) is 2. The van der Waals surface area contributed by atoms with Crippen molar-refractivity contribution >= 4 is 29.0 Å². The summed E-state index contributed by atoms with van der Waals surface area (Å²) in [7, 11) is 0. The number of halogens is 3. The first-order valence-corrected chi connectivity index (χ1v) is 7.79. The molecule has 6 nitrogen and oxygen atoms in total. The summed E-state index contributed by atoms with van der Waals surface area (Å²) in [6.07, 6.45) is -4.69. The Balaban J connectivity index is 1.95. The molecule has 120 valence electrons. The number of amides is 1. The highest BCUT2D eigenvalue weighted by atomic mass is 32.2. The lowest BCUT2D eigenvalue weighted by atomic mass is 10.4. The van der Waals surface area contributed by atoms with E-state index < -0.39 is 17.3 Å². The molecule has 1 atom stereocenters. The largest absolute Gasteiger partial charge is 0.453 e. The zero-order valence-corrected chi connectivity index (χ0v) is 12.9. The van der Waals surface area contributed by atoms with E-state index in [9.17, 15) is 18.0 Å². The number of aromatic nitrogens is 3. The second kappa shape index (κ2) is 6.57. The summed E-state index contributed by atoms with van der Waals surface area (Å²) < 4.78 is 38.0. The maximum Gasteiger partial charge on any atom is 0.453 e. The zero-order valence-electron chi connectivity index (χ0n) is 11.3. The average Bonchev–Trinajstić information content (AvgIpc) is 3.06. The molecule has 2 aromatic heterocycles. The summed E-state index contributed by atoms with van der Waals surface area (Å²) in [5.74, 6) is 3.68. The number of nitrogen functional groups attached to an aromatic ring is 1. The van der Waals surface area contributed by atoms with Gasteiger partial charge in [0, 0.05) is 4.88 Å². The Morgan fingerprint density at radius 1 is 1.55 bits per heavy atom. The predicted molar refractivity (Wildman–Crippen MR) is 76.7 cm³/mol. The van der Waals surface area contributed by atoms with Gasteiger partial charge >= 0.3 is 6.18 Å². The van der Waals surface area contributed by atoms with Gasteiger partial charge < -0.3 is 11.2 Å². The molecule has 2 heterocycles. The highest BCUT2D eigenvalue weighted by Gasteiger charge is 2.38. The Morgan fingerprint density at radius 2 is 2.27 bits per heavy atom. The number of nitrogens with two attached hydrogens (primary N) is 1. The van der Waals surface area contributed by atoms with Gasteiger partial charge in [-0.15, -0.1) is 21.5 Å². The third-order valence-electron chi connectivity index (χ3n) is 2.59. The Bertz CT molecular complexity index is 641. The number of carbonyl (C=O) groups is 1. The van der Waals surface area contributed by atoms with Gasteiger partial charge in [-0.2, -0.15) is 13.2 Å². The standard InChI is InChI=1S/C11H12F3N5OS2/c1-6(8(20)16-5-7-3-2-4-21-7)22-10-18-17-9(19(10)15)11(12,13)14/h2-4,6H,5,15H2,1H3,(H,16,20). The number of nitrogens with zero attached hydrogens (tertiary/aromatic N) is 3. The van der Waals surface area contributed by atoms with Crippen LogP contribution in [0, 0.1) is 0 Å². The fraction of sp³-hybridized carbons (Fsp3) is 0.364. The van der Waals surface area contributed by atoms with Crippen molar-refractivity contribution in [3.63, 3.8) is 0 Å². The molecule has 0 aliphatic heterocycles. The Hall–Kier alpha value is -1.75. The van der Waals surface area contributed by atoms with E-state index in [1.54, 1.807) is 6.92 Å². The van der Waals surface area contributed by atoms with Crippen molar-refractivity contribution in [1.82, 2.24) is 20.2 Å². The summed E-state index contributed by atoms with van der Waals surface area (Å²) in [5.41, 5.74) is 0. The van der Waals surface area contributed by atoms with Crippen LogP contribution in [-0.4, -0.2) is 26.0 Å². The summed E-state index contributed by atoms with van der Waals surface area (Å²) in [4.78, 5) is 12.9. The lowest BCUT2D eigenvalue weighted by Crippen LogP contribution is -2.30. The van der Waals surface area contributed by atoms with Crippen molar-refractivity contribution < 1.29 is 18.0 Å². The van der Waals surface area contributed by atoms with Crippen molar-refractivity contribution in [3.05, 3.63) is 28.2 Å². The van der Waals surface area contributed by atoms with Gasteiger partial charge in [-0.1, -0.05) is 17.8 Å². The number of rotatable bonds is 5. The van der Waals surface area contributed by atoms with Crippen LogP contribution in [0.15, 0.2) is 22.7 Å². The molecule has 0 saturated carbocycles. The van der Waals surface area contributed by atoms with Crippen LogP contribution in [-0.2, 0) is 17.5 Å². The van der Waals surface area contributed by atoms with Crippen molar-refractivity contribution in [3.8, 4) is 0 Å². The minimum absolute atomic E-state index is 0.175. The van der Waals surface area contributed by atoms with Crippen LogP contribution in [0.4, 0.5) is 13.2 Å². The fourth-order valence-corrected chi connectivity index (χ4v) is 2.93. The van der Waals surface area contributed by atoms with Gasteiger partial charge in [0.15, 0.2) is 0 Å². The first-order valence-electron chi connectivity index (χ1n) is 6.03. The first kappa shape index (κ1) is 16.6. The molecule has 2 rings (SSSR count). The number of hydrogen-bond acceptors (Lipinski definition) is 6. The molecule has 0 radical (unpaired) electrons. The summed E-state index contributed by atoms with van der Waals surface area (Å²) >= 11 is 2.30. The molecule has 11 heteroatoms. The van der Waals surface area contributed by atoms with E-state index in [4.69, 9.17) is 5.84 Å². The molecule has 1 amide bonds. The summed E-state index contributed by atoms with van der Waals surface area (Å²) in [5, 5.41) is 10.1. The third kappa shape index (κ3) is 3.91. The molecule has 0 spiro atoms. The third-order valence-corrected chi connectivity index (χ3v) is 4.52. The minimum atomic E-state index is -4.69. The number of thiophene rings is 1. The number of thioether (sulfide) groups is 1. The molecule has 0 aromatic carbocycles. The van der Waals surface area contributed by atoms with Crippen LogP contribution in [0.1, 0.15) is 17.6 Å². The minimum Gasteiger partial charge on any atom is -0.350 e. The fourth-order valence-electron chi connectivity index (χ4n) is 1.49. The van der Waals surface area contributed by atoms with Crippen LogP contribution in [0.3, 0.4) is 0 Å². The smallest absolute Gasteiger partial charge is 0.350 e. The predicted octanol–water partition coefficient (Wildman–Crippen LogP) is 1.87. The zero-order chi connectivity index (χ0) is 16.3. The van der Waals surface area contributed by atoms with Gasteiger partial charge in [0.05, 0.1) is 11.8 Å². The molecule has 3 N–H and O–H groups in total. The van der Waals surface area contributed by atoms with Crippen LogP contribution >= 0.6 is 23.1 Å². The van der Waals surface area contributed by atoms with E-state index in [1.807, 2.05) is 17.5 Å². The molecule has 0 saturated heterocycles. The molecule has 22 heavy (non-hydrogen) atoms. The van der Waals surface area contributed by atoms with E-state index in [0.717, 1.165) is 16.6 Å². The van der Waals surface area contributed by atoms with Gasteiger partial charge in [0.25, 0.3) is 5.82 Å². The average molecular weight is 351 g/mol. The quantitative estimate of drug-likeness (QED) is 0.634. The van der Waals surface area contributed by atoms with E-state index >= 15 is 0 Å². The molecule has 1 unspecified atom stereocenters. The number of nitrogens with one attached hydrogen (secondary N) is 1.